The minimum absolute atomic E-state index is 0.100. The summed E-state index contributed by atoms with van der Waals surface area (Å²) in [4.78, 5) is 18.2. The number of carbonyl (C=O) groups is 1. The predicted molar refractivity (Wildman–Crippen MR) is 95.5 cm³/mol. The van der Waals surface area contributed by atoms with Crippen LogP contribution in [0.5, 0.6) is 0 Å². The maximum atomic E-state index is 12.9. The molecule has 1 N–H and O–H groups in total. The molecule has 1 aliphatic carbocycles. The number of aromatic nitrogens is 4. The average molecular weight is 353 g/mol. The Morgan fingerprint density at radius 3 is 2.88 bits per heavy atom. The van der Waals surface area contributed by atoms with Crippen molar-refractivity contribution in [2.45, 2.75) is 37.6 Å². The Balaban J connectivity index is 1.46. The van der Waals surface area contributed by atoms with E-state index in [2.05, 4.69) is 26.7 Å². The Morgan fingerprint density at radius 2 is 2.16 bits per heavy atom. The highest BCUT2D eigenvalue weighted by molar-refractivity contribution is 7.10. The molecule has 128 valence electrons. The van der Waals surface area contributed by atoms with Gasteiger partial charge in [-0.1, -0.05) is 24.1 Å². The molecule has 0 radical (unpaired) electrons. The summed E-state index contributed by atoms with van der Waals surface area (Å²) in [5, 5.41) is 13.4. The molecule has 25 heavy (non-hydrogen) atoms. The van der Waals surface area contributed by atoms with E-state index in [0.717, 1.165) is 37.1 Å². The highest BCUT2D eigenvalue weighted by Gasteiger charge is 2.43. The topological polar surface area (TPSA) is 72.7 Å². The maximum absolute atomic E-state index is 12.9. The van der Waals surface area contributed by atoms with Gasteiger partial charge in [0.1, 0.15) is 5.69 Å². The Hall–Kier alpha value is -2.54. The Kier molecular flexibility index (Phi) is 4.31. The zero-order chi connectivity index (χ0) is 17.1. The number of amides is 1. The van der Waals surface area contributed by atoms with Crippen LogP contribution in [0.1, 0.15) is 36.3 Å². The molecular weight excluding hydrogens is 334 g/mol. The van der Waals surface area contributed by atoms with Crippen LogP contribution in [-0.2, 0) is 16.8 Å². The van der Waals surface area contributed by atoms with Crippen LogP contribution in [0.3, 0.4) is 0 Å². The molecule has 0 atom stereocenters. The van der Waals surface area contributed by atoms with Gasteiger partial charge in [0.25, 0.3) is 0 Å². The van der Waals surface area contributed by atoms with Gasteiger partial charge in [-0.05, 0) is 36.4 Å². The molecule has 0 unspecified atom stereocenters. The van der Waals surface area contributed by atoms with E-state index in [0.29, 0.717) is 6.54 Å². The molecule has 4 rings (SSSR count). The smallest absolute Gasteiger partial charge is 0.231 e. The van der Waals surface area contributed by atoms with Crippen molar-refractivity contribution in [3.63, 3.8) is 0 Å². The lowest BCUT2D eigenvalue weighted by Crippen LogP contribution is -2.41. The lowest BCUT2D eigenvalue weighted by atomic mass is 9.83. The standard InChI is InChI=1S/C18H19N5OS/c24-17(18(7-1-2-8-18)16-6-4-10-25-16)20-11-14-13-23(22-21-14)15-5-3-9-19-12-15/h3-6,9-10,12-13H,1-2,7-8,11H2,(H,20,24). The minimum Gasteiger partial charge on any atom is -0.350 e. The SMILES string of the molecule is O=C(NCc1cn(-c2cccnc2)nn1)C1(c2cccs2)CCCC1. The number of carbonyl (C=O) groups excluding carboxylic acids is 1. The molecule has 0 aromatic carbocycles. The highest BCUT2D eigenvalue weighted by Crippen LogP contribution is 2.43. The molecule has 6 nitrogen and oxygen atoms in total. The van der Waals surface area contributed by atoms with Crippen molar-refractivity contribution in [3.8, 4) is 5.69 Å². The third-order valence-electron chi connectivity index (χ3n) is 4.77. The van der Waals surface area contributed by atoms with Gasteiger partial charge in [-0.3, -0.25) is 9.78 Å². The molecule has 3 aromatic rings. The van der Waals surface area contributed by atoms with E-state index < -0.39 is 0 Å². The van der Waals surface area contributed by atoms with Crippen LogP contribution in [0.2, 0.25) is 0 Å². The summed E-state index contributed by atoms with van der Waals surface area (Å²) in [7, 11) is 0. The van der Waals surface area contributed by atoms with Crippen molar-refractivity contribution >= 4 is 17.2 Å². The third kappa shape index (κ3) is 3.07. The largest absolute Gasteiger partial charge is 0.350 e. The summed E-state index contributed by atoms with van der Waals surface area (Å²) in [6.07, 6.45) is 9.30. The van der Waals surface area contributed by atoms with E-state index in [-0.39, 0.29) is 11.3 Å². The van der Waals surface area contributed by atoms with Gasteiger partial charge in [0.2, 0.25) is 5.91 Å². The molecule has 1 saturated carbocycles. The second kappa shape index (κ2) is 6.76. The second-order valence-corrected chi connectivity index (χ2v) is 7.26. The molecule has 3 heterocycles. The van der Waals surface area contributed by atoms with Gasteiger partial charge in [-0.25, -0.2) is 4.68 Å². The maximum Gasteiger partial charge on any atom is 0.231 e. The molecule has 1 amide bonds. The predicted octanol–water partition coefficient (Wildman–Crippen LogP) is 2.85. The number of hydrogen-bond acceptors (Lipinski definition) is 5. The molecule has 0 bridgehead atoms. The average Bonchev–Trinajstić information content (AvgIpc) is 3.42. The fourth-order valence-electron chi connectivity index (χ4n) is 3.45. The zero-order valence-electron chi connectivity index (χ0n) is 13.8. The van der Waals surface area contributed by atoms with Crippen molar-refractivity contribution in [3.05, 3.63) is 58.8 Å². The third-order valence-corrected chi connectivity index (χ3v) is 5.84. The fraction of sp³-hybridized carbons (Fsp3) is 0.333. The summed E-state index contributed by atoms with van der Waals surface area (Å²) in [5.74, 6) is 0.100. The molecule has 1 aliphatic rings. The van der Waals surface area contributed by atoms with E-state index in [1.54, 1.807) is 28.4 Å². The molecule has 7 heteroatoms. The Labute approximate surface area is 149 Å². The van der Waals surface area contributed by atoms with Gasteiger partial charge in [0.05, 0.1) is 30.0 Å². The van der Waals surface area contributed by atoms with Crippen LogP contribution < -0.4 is 5.32 Å². The van der Waals surface area contributed by atoms with Crippen molar-refractivity contribution in [1.82, 2.24) is 25.3 Å². The van der Waals surface area contributed by atoms with Gasteiger partial charge in [-0.15, -0.1) is 16.4 Å². The Bertz CT molecular complexity index is 838. The van der Waals surface area contributed by atoms with Crippen LogP contribution in [0.4, 0.5) is 0 Å². The quantitative estimate of drug-likeness (QED) is 0.765. The first kappa shape index (κ1) is 16.0. The second-order valence-electron chi connectivity index (χ2n) is 6.31. The number of thiophene rings is 1. The lowest BCUT2D eigenvalue weighted by Gasteiger charge is -2.26. The minimum atomic E-state index is -0.368. The van der Waals surface area contributed by atoms with Crippen molar-refractivity contribution in [2.75, 3.05) is 0 Å². The van der Waals surface area contributed by atoms with Crippen LogP contribution in [0.15, 0.2) is 48.2 Å². The summed E-state index contributed by atoms with van der Waals surface area (Å²) in [6, 6.07) is 7.86. The Morgan fingerprint density at radius 1 is 1.28 bits per heavy atom. The van der Waals surface area contributed by atoms with Crippen molar-refractivity contribution in [2.24, 2.45) is 0 Å². The monoisotopic (exact) mass is 353 g/mol. The van der Waals surface area contributed by atoms with E-state index in [9.17, 15) is 4.79 Å². The number of nitrogens with zero attached hydrogens (tertiary/aromatic N) is 4. The summed E-state index contributed by atoms with van der Waals surface area (Å²) < 4.78 is 1.67. The van der Waals surface area contributed by atoms with Gasteiger partial charge in [0.15, 0.2) is 0 Å². The first-order chi connectivity index (χ1) is 12.3. The number of nitrogens with one attached hydrogen (secondary N) is 1. The first-order valence-electron chi connectivity index (χ1n) is 8.42. The first-order valence-corrected chi connectivity index (χ1v) is 9.30. The summed E-state index contributed by atoms with van der Waals surface area (Å²) in [5.41, 5.74) is 1.21. The van der Waals surface area contributed by atoms with Gasteiger partial charge < -0.3 is 5.32 Å². The van der Waals surface area contributed by atoms with Gasteiger partial charge in [0, 0.05) is 11.1 Å². The van der Waals surface area contributed by atoms with E-state index >= 15 is 0 Å². The molecule has 0 aliphatic heterocycles. The normalized spacial score (nSPS) is 16.0. The fourth-order valence-corrected chi connectivity index (χ4v) is 4.43. The molecule has 0 saturated heterocycles. The van der Waals surface area contributed by atoms with E-state index in [1.807, 2.05) is 29.8 Å². The lowest BCUT2D eigenvalue weighted by molar-refractivity contribution is -0.126. The molecule has 1 fully saturated rings. The van der Waals surface area contributed by atoms with Crippen LogP contribution in [-0.4, -0.2) is 25.9 Å². The summed E-state index contributed by atoms with van der Waals surface area (Å²) >= 11 is 1.67. The number of hydrogen-bond donors (Lipinski definition) is 1. The van der Waals surface area contributed by atoms with Gasteiger partial charge in [-0.2, -0.15) is 0 Å². The van der Waals surface area contributed by atoms with E-state index in [4.69, 9.17) is 0 Å². The highest BCUT2D eigenvalue weighted by atomic mass is 32.1. The van der Waals surface area contributed by atoms with Crippen LogP contribution in [0.25, 0.3) is 5.69 Å². The van der Waals surface area contributed by atoms with Crippen molar-refractivity contribution in [1.29, 1.82) is 0 Å². The van der Waals surface area contributed by atoms with Crippen LogP contribution in [0, 0.1) is 0 Å². The molecule has 3 aromatic heterocycles. The van der Waals surface area contributed by atoms with Crippen LogP contribution >= 0.6 is 11.3 Å². The molecule has 0 spiro atoms. The summed E-state index contributed by atoms with van der Waals surface area (Å²) in [6.45, 7) is 0.381. The van der Waals surface area contributed by atoms with Crippen molar-refractivity contribution < 1.29 is 4.79 Å². The molecular formula is C18H19N5OS. The van der Waals surface area contributed by atoms with E-state index in [1.165, 1.54) is 4.88 Å². The zero-order valence-corrected chi connectivity index (χ0v) is 14.6. The number of rotatable bonds is 5. The van der Waals surface area contributed by atoms with Gasteiger partial charge >= 0.3 is 0 Å². The number of pyridine rings is 1.